The monoisotopic (exact) mass is 346 g/mol. The van der Waals surface area contributed by atoms with Crippen LogP contribution in [0.5, 0.6) is 0 Å². The fourth-order valence-corrected chi connectivity index (χ4v) is 3.58. The predicted molar refractivity (Wildman–Crippen MR) is 95.3 cm³/mol. The van der Waals surface area contributed by atoms with Crippen LogP contribution in [0.25, 0.3) is 11.0 Å². The van der Waals surface area contributed by atoms with Crippen molar-refractivity contribution >= 4 is 22.8 Å². The Hall–Kier alpha value is -2.09. The van der Waals surface area contributed by atoms with E-state index in [1.807, 2.05) is 6.92 Å². The van der Waals surface area contributed by atoms with Crippen LogP contribution in [0.4, 0.5) is 0 Å². The van der Waals surface area contributed by atoms with E-state index in [2.05, 4.69) is 38.5 Å². The third-order valence-electron chi connectivity index (χ3n) is 4.15. The number of hydrogen-bond acceptors (Lipinski definition) is 5. The van der Waals surface area contributed by atoms with Gasteiger partial charge in [-0.25, -0.2) is 9.97 Å². The van der Waals surface area contributed by atoms with Gasteiger partial charge in [0.25, 0.3) is 5.56 Å². The Balaban J connectivity index is 1.84. The van der Waals surface area contributed by atoms with Gasteiger partial charge in [0.15, 0.2) is 10.8 Å². The Morgan fingerprint density at radius 2 is 2.08 bits per heavy atom. The molecule has 24 heavy (non-hydrogen) atoms. The molecule has 128 valence electrons. The Kier molecular flexibility index (Phi) is 4.75. The molecule has 0 aromatic carbocycles. The van der Waals surface area contributed by atoms with E-state index in [4.69, 9.17) is 0 Å². The smallest absolute Gasteiger partial charge is 0.262 e. The molecule has 0 aliphatic heterocycles. The van der Waals surface area contributed by atoms with Crippen molar-refractivity contribution in [2.24, 2.45) is 7.05 Å². The van der Waals surface area contributed by atoms with Crippen LogP contribution in [-0.2, 0) is 19.3 Å². The molecule has 0 radical (unpaired) electrons. The first kappa shape index (κ1) is 16.8. The standard InChI is InChI=1S/C16H22N6OS/c1-5-6-7-22-11(3)10(2)18-16(22)24-9-13-19-14-12(15(23)20-13)8-17-21(14)4/h8H,5-7,9H2,1-4H3,(H,19,20,23). The fraction of sp³-hybridized carbons (Fsp3) is 0.500. The Morgan fingerprint density at radius 3 is 2.83 bits per heavy atom. The van der Waals surface area contributed by atoms with Gasteiger partial charge >= 0.3 is 0 Å². The molecule has 3 aromatic heterocycles. The lowest BCUT2D eigenvalue weighted by Gasteiger charge is -2.09. The first-order valence-electron chi connectivity index (χ1n) is 8.08. The number of aromatic nitrogens is 6. The van der Waals surface area contributed by atoms with Crippen LogP contribution in [-0.4, -0.2) is 29.3 Å². The van der Waals surface area contributed by atoms with Crippen molar-refractivity contribution < 1.29 is 0 Å². The molecule has 0 saturated carbocycles. The minimum atomic E-state index is -0.148. The Labute approximate surface area is 144 Å². The van der Waals surface area contributed by atoms with Crippen molar-refractivity contribution in [2.75, 3.05) is 0 Å². The maximum Gasteiger partial charge on any atom is 0.262 e. The van der Waals surface area contributed by atoms with Crippen molar-refractivity contribution in [3.8, 4) is 0 Å². The quantitative estimate of drug-likeness (QED) is 0.694. The van der Waals surface area contributed by atoms with Gasteiger partial charge in [-0.2, -0.15) is 5.10 Å². The molecule has 7 nitrogen and oxygen atoms in total. The van der Waals surface area contributed by atoms with E-state index in [0.29, 0.717) is 22.6 Å². The van der Waals surface area contributed by atoms with Crippen molar-refractivity contribution in [3.63, 3.8) is 0 Å². The van der Waals surface area contributed by atoms with E-state index in [9.17, 15) is 4.79 Å². The Bertz CT molecular complexity index is 923. The van der Waals surface area contributed by atoms with E-state index in [-0.39, 0.29) is 5.56 Å². The number of nitrogens with zero attached hydrogens (tertiary/aromatic N) is 5. The summed E-state index contributed by atoms with van der Waals surface area (Å²) in [7, 11) is 1.79. The second-order valence-electron chi connectivity index (χ2n) is 5.88. The minimum Gasteiger partial charge on any atom is -0.323 e. The summed E-state index contributed by atoms with van der Waals surface area (Å²) < 4.78 is 3.87. The first-order valence-corrected chi connectivity index (χ1v) is 9.07. The number of fused-ring (bicyclic) bond motifs is 1. The molecule has 0 aliphatic rings. The van der Waals surface area contributed by atoms with Crippen LogP contribution in [0.3, 0.4) is 0 Å². The van der Waals surface area contributed by atoms with E-state index in [1.54, 1.807) is 29.7 Å². The molecule has 0 amide bonds. The SMILES string of the molecule is CCCCn1c(SCc2nc3c(cnn3C)c(=O)[nH]2)nc(C)c1C. The van der Waals surface area contributed by atoms with Crippen LogP contribution >= 0.6 is 11.8 Å². The molecule has 1 N–H and O–H groups in total. The van der Waals surface area contributed by atoms with Crippen LogP contribution < -0.4 is 5.56 Å². The topological polar surface area (TPSA) is 81.4 Å². The summed E-state index contributed by atoms with van der Waals surface area (Å²) in [5, 5.41) is 5.58. The van der Waals surface area contributed by atoms with Gasteiger partial charge < -0.3 is 9.55 Å². The second kappa shape index (κ2) is 6.80. The maximum atomic E-state index is 12.1. The number of aryl methyl sites for hydroxylation is 2. The molecule has 0 unspecified atom stereocenters. The van der Waals surface area contributed by atoms with Crippen LogP contribution in [0.15, 0.2) is 16.1 Å². The van der Waals surface area contributed by atoms with Crippen molar-refractivity contribution in [2.45, 2.75) is 51.1 Å². The number of rotatable bonds is 6. The molecule has 3 rings (SSSR count). The van der Waals surface area contributed by atoms with E-state index in [1.165, 1.54) is 5.69 Å². The van der Waals surface area contributed by atoms with Gasteiger partial charge in [0, 0.05) is 19.3 Å². The number of aromatic amines is 1. The zero-order valence-electron chi connectivity index (χ0n) is 14.5. The molecule has 3 aromatic rings. The summed E-state index contributed by atoms with van der Waals surface area (Å²) in [6.45, 7) is 7.29. The van der Waals surface area contributed by atoms with Gasteiger partial charge in [-0.3, -0.25) is 9.48 Å². The van der Waals surface area contributed by atoms with Crippen molar-refractivity contribution in [1.82, 2.24) is 29.3 Å². The number of nitrogens with one attached hydrogen (secondary N) is 1. The lowest BCUT2D eigenvalue weighted by Crippen LogP contribution is -2.11. The summed E-state index contributed by atoms with van der Waals surface area (Å²) in [6, 6.07) is 0. The first-order chi connectivity index (χ1) is 11.5. The highest BCUT2D eigenvalue weighted by Crippen LogP contribution is 2.24. The zero-order chi connectivity index (χ0) is 17.3. The van der Waals surface area contributed by atoms with E-state index < -0.39 is 0 Å². The molecule has 0 spiro atoms. The highest BCUT2D eigenvalue weighted by Gasteiger charge is 2.13. The van der Waals surface area contributed by atoms with Gasteiger partial charge in [-0.1, -0.05) is 25.1 Å². The lowest BCUT2D eigenvalue weighted by atomic mass is 10.3. The number of unbranched alkanes of at least 4 members (excludes halogenated alkanes) is 1. The molecule has 0 bridgehead atoms. The highest BCUT2D eigenvalue weighted by atomic mass is 32.2. The normalized spacial score (nSPS) is 11.5. The zero-order valence-corrected chi connectivity index (χ0v) is 15.3. The molecular formula is C16H22N6OS. The number of H-pyrrole nitrogens is 1. The number of thioether (sulfide) groups is 1. The van der Waals surface area contributed by atoms with Gasteiger partial charge in [0.2, 0.25) is 0 Å². The molecular weight excluding hydrogens is 324 g/mol. The van der Waals surface area contributed by atoms with E-state index in [0.717, 1.165) is 30.2 Å². The van der Waals surface area contributed by atoms with Gasteiger partial charge in [0.1, 0.15) is 11.2 Å². The summed E-state index contributed by atoms with van der Waals surface area (Å²) >= 11 is 1.60. The molecule has 0 aliphatic carbocycles. The average molecular weight is 346 g/mol. The van der Waals surface area contributed by atoms with Crippen LogP contribution in [0, 0.1) is 13.8 Å². The van der Waals surface area contributed by atoms with Crippen LogP contribution in [0.2, 0.25) is 0 Å². The molecule has 0 saturated heterocycles. The third kappa shape index (κ3) is 3.10. The summed E-state index contributed by atoms with van der Waals surface area (Å²) in [4.78, 5) is 24.1. The number of hydrogen-bond donors (Lipinski definition) is 1. The third-order valence-corrected chi connectivity index (χ3v) is 5.13. The van der Waals surface area contributed by atoms with Gasteiger partial charge in [0.05, 0.1) is 17.6 Å². The second-order valence-corrected chi connectivity index (χ2v) is 6.82. The van der Waals surface area contributed by atoms with E-state index >= 15 is 0 Å². The molecule has 3 heterocycles. The van der Waals surface area contributed by atoms with Gasteiger partial charge in [-0.05, 0) is 20.3 Å². The molecule has 0 fully saturated rings. The maximum absolute atomic E-state index is 12.1. The van der Waals surface area contributed by atoms with Gasteiger partial charge in [-0.15, -0.1) is 0 Å². The number of imidazole rings is 1. The molecule has 0 atom stereocenters. The summed E-state index contributed by atoms with van der Waals surface area (Å²) in [5.41, 5.74) is 2.72. The van der Waals surface area contributed by atoms with Crippen molar-refractivity contribution in [1.29, 1.82) is 0 Å². The molecule has 8 heteroatoms. The van der Waals surface area contributed by atoms with Crippen LogP contribution in [0.1, 0.15) is 37.0 Å². The summed E-state index contributed by atoms with van der Waals surface area (Å²) in [6.07, 6.45) is 3.81. The average Bonchev–Trinajstić information content (AvgIpc) is 3.05. The Morgan fingerprint density at radius 1 is 1.29 bits per heavy atom. The minimum absolute atomic E-state index is 0.148. The summed E-state index contributed by atoms with van der Waals surface area (Å²) in [5.74, 6) is 1.21. The lowest BCUT2D eigenvalue weighted by molar-refractivity contribution is 0.575. The predicted octanol–water partition coefficient (Wildman–Crippen LogP) is 2.56. The highest BCUT2D eigenvalue weighted by molar-refractivity contribution is 7.98. The fourth-order valence-electron chi connectivity index (χ4n) is 2.59. The van der Waals surface area contributed by atoms with Crippen molar-refractivity contribution in [3.05, 3.63) is 33.8 Å². The largest absolute Gasteiger partial charge is 0.323 e.